The Hall–Kier alpha value is -3.52. The first-order valence-electron chi connectivity index (χ1n) is 11.7. The summed E-state index contributed by atoms with van der Waals surface area (Å²) in [7, 11) is 3.41. The molecular formula is C26H28ClN5O3. The molecular weight excluding hydrogens is 466 g/mol. The van der Waals surface area contributed by atoms with Crippen molar-refractivity contribution in [1.29, 1.82) is 0 Å². The third kappa shape index (κ3) is 3.91. The zero-order valence-electron chi connectivity index (χ0n) is 19.8. The van der Waals surface area contributed by atoms with Crippen molar-refractivity contribution in [2.75, 3.05) is 38.8 Å². The highest BCUT2D eigenvalue weighted by Gasteiger charge is 2.53. The third-order valence-corrected chi connectivity index (χ3v) is 7.46. The molecule has 2 aromatic carbocycles. The van der Waals surface area contributed by atoms with Crippen LogP contribution in [0, 0.1) is 0 Å². The largest absolute Gasteiger partial charge is 0.358 e. The van der Waals surface area contributed by atoms with Crippen molar-refractivity contribution in [3.8, 4) is 0 Å². The Labute approximate surface area is 209 Å². The number of nitrogens with zero attached hydrogens (tertiary/aromatic N) is 4. The normalized spacial score (nSPS) is 17.5. The van der Waals surface area contributed by atoms with Crippen LogP contribution in [-0.2, 0) is 16.1 Å². The van der Waals surface area contributed by atoms with Crippen LogP contribution in [-0.4, -0.2) is 71.5 Å². The Kier molecular flexibility index (Phi) is 5.92. The molecule has 3 amide bonds. The van der Waals surface area contributed by atoms with Crippen LogP contribution < -0.4 is 10.2 Å². The van der Waals surface area contributed by atoms with E-state index >= 15 is 0 Å². The van der Waals surface area contributed by atoms with E-state index in [1.54, 1.807) is 34.8 Å². The summed E-state index contributed by atoms with van der Waals surface area (Å²) in [4.78, 5) is 44.7. The number of aromatic nitrogens is 1. The first-order chi connectivity index (χ1) is 16.8. The van der Waals surface area contributed by atoms with Gasteiger partial charge in [0.05, 0.1) is 17.7 Å². The van der Waals surface area contributed by atoms with Crippen LogP contribution in [0.5, 0.6) is 0 Å². The van der Waals surface area contributed by atoms with Crippen molar-refractivity contribution in [2.45, 2.75) is 24.9 Å². The van der Waals surface area contributed by atoms with Gasteiger partial charge in [0.25, 0.3) is 5.91 Å². The van der Waals surface area contributed by atoms with Crippen LogP contribution in [0.3, 0.4) is 0 Å². The maximum atomic E-state index is 13.6. The Morgan fingerprint density at radius 2 is 1.80 bits per heavy atom. The number of hydrogen-bond donors (Lipinski definition) is 1. The fraction of sp³-hybridized carbons (Fsp3) is 0.346. The van der Waals surface area contributed by atoms with E-state index in [0.717, 1.165) is 16.6 Å². The van der Waals surface area contributed by atoms with Crippen LogP contribution in [0.2, 0.25) is 5.02 Å². The molecule has 0 atom stereocenters. The molecule has 0 aliphatic carbocycles. The zero-order valence-corrected chi connectivity index (χ0v) is 20.6. The van der Waals surface area contributed by atoms with Crippen molar-refractivity contribution >= 4 is 45.9 Å². The number of fused-ring (bicyclic) bond motifs is 1. The summed E-state index contributed by atoms with van der Waals surface area (Å²) in [6, 6.07) is 15.3. The van der Waals surface area contributed by atoms with E-state index in [1.807, 2.05) is 48.3 Å². The number of halogens is 1. The Bertz CT molecular complexity index is 1300. The highest BCUT2D eigenvalue weighted by molar-refractivity contribution is 6.31. The van der Waals surface area contributed by atoms with Crippen molar-refractivity contribution in [1.82, 2.24) is 19.7 Å². The Balaban J connectivity index is 1.41. The van der Waals surface area contributed by atoms with Gasteiger partial charge in [0.1, 0.15) is 12.1 Å². The van der Waals surface area contributed by atoms with Gasteiger partial charge < -0.3 is 24.6 Å². The Morgan fingerprint density at radius 3 is 2.49 bits per heavy atom. The molecule has 1 spiro atoms. The molecule has 0 unspecified atom stereocenters. The first kappa shape index (κ1) is 23.2. The summed E-state index contributed by atoms with van der Waals surface area (Å²) in [6.07, 6.45) is 2.84. The number of anilines is 1. The van der Waals surface area contributed by atoms with Gasteiger partial charge >= 0.3 is 0 Å². The number of carbonyl (C=O) groups is 3. The third-order valence-electron chi connectivity index (χ3n) is 7.23. The zero-order chi connectivity index (χ0) is 24.7. The number of nitrogens with one attached hydrogen (secondary N) is 1. The minimum atomic E-state index is -0.645. The van der Waals surface area contributed by atoms with Crippen LogP contribution in [0.1, 0.15) is 23.2 Å². The molecule has 9 heteroatoms. The van der Waals surface area contributed by atoms with Gasteiger partial charge in [-0.1, -0.05) is 35.9 Å². The number of likely N-dealkylation sites (N-methyl/N-ethyl adjacent to an activating group) is 2. The molecule has 0 radical (unpaired) electrons. The lowest BCUT2D eigenvalue weighted by Crippen LogP contribution is -2.57. The number of likely N-dealkylation sites (tertiary alicyclic amines) is 1. The fourth-order valence-corrected chi connectivity index (χ4v) is 5.52. The number of hydrogen-bond acceptors (Lipinski definition) is 4. The summed E-state index contributed by atoms with van der Waals surface area (Å²) in [5.41, 5.74) is 1.64. The van der Waals surface area contributed by atoms with E-state index in [0.29, 0.717) is 43.2 Å². The van der Waals surface area contributed by atoms with Gasteiger partial charge in [-0.05, 0) is 37.1 Å². The summed E-state index contributed by atoms with van der Waals surface area (Å²) in [5, 5.41) is 3.91. The quantitative estimate of drug-likeness (QED) is 0.606. The van der Waals surface area contributed by atoms with E-state index in [4.69, 9.17) is 11.6 Å². The molecule has 35 heavy (non-hydrogen) atoms. The van der Waals surface area contributed by atoms with Gasteiger partial charge in [-0.2, -0.15) is 0 Å². The molecule has 2 fully saturated rings. The lowest BCUT2D eigenvalue weighted by Gasteiger charge is -2.43. The number of piperidine rings is 1. The molecule has 8 nitrogen and oxygen atoms in total. The molecule has 0 saturated carbocycles. The predicted molar refractivity (Wildman–Crippen MR) is 135 cm³/mol. The summed E-state index contributed by atoms with van der Waals surface area (Å²) < 4.78 is 1.76. The maximum Gasteiger partial charge on any atom is 0.256 e. The fourth-order valence-electron chi connectivity index (χ4n) is 5.35. The molecule has 3 aromatic rings. The topological polar surface area (TPSA) is 77.9 Å². The van der Waals surface area contributed by atoms with Crippen LogP contribution in [0.4, 0.5) is 5.69 Å². The van der Waals surface area contributed by atoms with Gasteiger partial charge in [0, 0.05) is 49.5 Å². The van der Waals surface area contributed by atoms with Gasteiger partial charge in [-0.15, -0.1) is 0 Å². The molecule has 2 aliphatic heterocycles. The number of benzene rings is 2. The first-order valence-corrected chi connectivity index (χ1v) is 12.1. The average molecular weight is 494 g/mol. The average Bonchev–Trinajstić information content (AvgIpc) is 3.34. The van der Waals surface area contributed by atoms with Crippen molar-refractivity contribution < 1.29 is 14.4 Å². The van der Waals surface area contributed by atoms with Crippen molar-refractivity contribution in [2.24, 2.45) is 0 Å². The molecule has 0 bridgehead atoms. The van der Waals surface area contributed by atoms with Gasteiger partial charge in [0.2, 0.25) is 11.8 Å². The number of rotatable bonds is 4. The molecule has 3 heterocycles. The second-order valence-electron chi connectivity index (χ2n) is 9.24. The van der Waals surface area contributed by atoms with E-state index in [-0.39, 0.29) is 24.3 Å². The molecule has 1 N–H and O–H groups in total. The lowest BCUT2D eigenvalue weighted by atomic mass is 9.85. The number of carbonyl (C=O) groups excluding carboxylic acids is 3. The minimum absolute atomic E-state index is 0.0939. The van der Waals surface area contributed by atoms with E-state index in [2.05, 4.69) is 10.2 Å². The molecule has 5 rings (SSSR count). The molecule has 182 valence electrons. The van der Waals surface area contributed by atoms with E-state index in [9.17, 15) is 14.4 Å². The second-order valence-corrected chi connectivity index (χ2v) is 9.67. The molecule has 1 aromatic heterocycles. The summed E-state index contributed by atoms with van der Waals surface area (Å²) in [5.74, 6) is -0.163. The maximum absolute atomic E-state index is 13.6. The van der Waals surface area contributed by atoms with Gasteiger partial charge in [-0.25, -0.2) is 0 Å². The van der Waals surface area contributed by atoms with E-state index < -0.39 is 5.54 Å². The molecule has 2 aliphatic rings. The summed E-state index contributed by atoms with van der Waals surface area (Å²) >= 11 is 6.21. The minimum Gasteiger partial charge on any atom is -0.358 e. The second kappa shape index (κ2) is 8.92. The smallest absolute Gasteiger partial charge is 0.256 e. The number of para-hydroxylation sites is 1. The lowest BCUT2D eigenvalue weighted by molar-refractivity contribution is -0.132. The van der Waals surface area contributed by atoms with Crippen molar-refractivity contribution in [3.05, 3.63) is 65.3 Å². The van der Waals surface area contributed by atoms with Crippen LogP contribution in [0.15, 0.2) is 54.7 Å². The highest BCUT2D eigenvalue weighted by atomic mass is 35.5. The standard InChI is InChI=1S/C26H28ClN5O3/c1-28-23(33)16-31-15-21(20-9-8-18(27)14-22(20)31)24(34)30-12-10-26(11-13-30)25(35)29(2)17-32(26)19-6-4-3-5-7-19/h3-9,14-15H,10-13,16-17H2,1-2H3,(H,28,33). The number of amides is 3. The van der Waals surface area contributed by atoms with E-state index in [1.165, 1.54) is 0 Å². The monoisotopic (exact) mass is 493 g/mol. The van der Waals surface area contributed by atoms with Gasteiger partial charge in [-0.3, -0.25) is 14.4 Å². The van der Waals surface area contributed by atoms with Crippen molar-refractivity contribution in [3.63, 3.8) is 0 Å². The molecule has 2 saturated heterocycles. The van der Waals surface area contributed by atoms with Crippen LogP contribution >= 0.6 is 11.6 Å². The highest BCUT2D eigenvalue weighted by Crippen LogP contribution is 2.39. The predicted octanol–water partition coefficient (Wildman–Crippen LogP) is 2.95. The summed E-state index contributed by atoms with van der Waals surface area (Å²) in [6.45, 7) is 1.57. The van der Waals surface area contributed by atoms with Gasteiger partial charge in [0.15, 0.2) is 0 Å². The van der Waals surface area contributed by atoms with Crippen LogP contribution in [0.25, 0.3) is 10.9 Å². The Morgan fingerprint density at radius 1 is 1.09 bits per heavy atom. The SMILES string of the molecule is CNC(=O)Cn1cc(C(=O)N2CCC3(CC2)C(=O)N(C)CN3c2ccccc2)c2ccc(Cl)cc21.